The Morgan fingerprint density at radius 3 is 2.68 bits per heavy atom. The number of methoxy groups -OCH3 is 1. The van der Waals surface area contributed by atoms with Crippen LogP contribution in [0.1, 0.15) is 22.8 Å². The maximum atomic E-state index is 12.1. The highest BCUT2D eigenvalue weighted by molar-refractivity contribution is 5.96. The number of carbonyl (C=O) groups excluding carboxylic acids is 2. The molecular weight excluding hydrogens is 364 g/mol. The molecule has 146 valence electrons. The summed E-state index contributed by atoms with van der Waals surface area (Å²) < 4.78 is 21.2. The van der Waals surface area contributed by atoms with Gasteiger partial charge in [-0.2, -0.15) is 0 Å². The van der Waals surface area contributed by atoms with Crippen LogP contribution in [0.5, 0.6) is 23.0 Å². The first kappa shape index (κ1) is 19.1. The normalized spacial score (nSPS) is 11.9. The number of carbonyl (C=O) groups is 2. The lowest BCUT2D eigenvalue weighted by Gasteiger charge is -2.12. The third kappa shape index (κ3) is 4.53. The molecule has 0 fully saturated rings. The SMILES string of the molecule is C/C=C/c1ccc(OCC(=O)NNC(=O)c2ccc3c(c2)OCO3)c(OC)c1. The van der Waals surface area contributed by atoms with E-state index < -0.39 is 11.8 Å². The molecule has 28 heavy (non-hydrogen) atoms. The Kier molecular flexibility index (Phi) is 6.01. The van der Waals surface area contributed by atoms with Gasteiger partial charge in [-0.1, -0.05) is 18.2 Å². The number of hydrogen-bond acceptors (Lipinski definition) is 6. The van der Waals surface area contributed by atoms with Gasteiger partial charge in [0.15, 0.2) is 29.6 Å². The zero-order valence-electron chi connectivity index (χ0n) is 15.5. The smallest absolute Gasteiger partial charge is 0.276 e. The minimum atomic E-state index is -0.520. The van der Waals surface area contributed by atoms with Crippen molar-refractivity contribution in [2.75, 3.05) is 20.5 Å². The van der Waals surface area contributed by atoms with Crippen LogP contribution in [0.2, 0.25) is 0 Å². The van der Waals surface area contributed by atoms with E-state index in [-0.39, 0.29) is 13.4 Å². The van der Waals surface area contributed by atoms with Crippen molar-refractivity contribution in [1.29, 1.82) is 0 Å². The van der Waals surface area contributed by atoms with Crippen molar-refractivity contribution < 1.29 is 28.5 Å². The van der Waals surface area contributed by atoms with Crippen molar-refractivity contribution in [3.05, 3.63) is 53.6 Å². The number of allylic oxidation sites excluding steroid dienone is 1. The number of fused-ring (bicyclic) bond motifs is 1. The topological polar surface area (TPSA) is 95.1 Å². The molecule has 2 amide bonds. The maximum Gasteiger partial charge on any atom is 0.276 e. The lowest BCUT2D eigenvalue weighted by molar-refractivity contribution is -0.123. The summed E-state index contributed by atoms with van der Waals surface area (Å²) >= 11 is 0. The second-order valence-electron chi connectivity index (χ2n) is 5.77. The fourth-order valence-electron chi connectivity index (χ4n) is 2.52. The molecule has 1 heterocycles. The molecule has 0 saturated heterocycles. The molecule has 8 nitrogen and oxygen atoms in total. The highest BCUT2D eigenvalue weighted by Crippen LogP contribution is 2.32. The number of ether oxygens (including phenoxy) is 4. The van der Waals surface area contributed by atoms with Gasteiger partial charge in [0.25, 0.3) is 11.8 Å². The van der Waals surface area contributed by atoms with E-state index in [1.165, 1.54) is 13.2 Å². The predicted molar refractivity (Wildman–Crippen MR) is 101 cm³/mol. The van der Waals surface area contributed by atoms with Crippen LogP contribution in [-0.4, -0.2) is 32.3 Å². The molecule has 0 atom stereocenters. The second kappa shape index (κ2) is 8.81. The Bertz CT molecular complexity index is 910. The molecule has 1 aliphatic rings. The first-order valence-corrected chi connectivity index (χ1v) is 8.53. The summed E-state index contributed by atoms with van der Waals surface area (Å²) in [4.78, 5) is 24.1. The Morgan fingerprint density at radius 2 is 1.89 bits per heavy atom. The van der Waals surface area contributed by atoms with E-state index in [0.717, 1.165) is 5.56 Å². The Balaban J connectivity index is 1.51. The fraction of sp³-hybridized carbons (Fsp3) is 0.200. The predicted octanol–water partition coefficient (Wildman–Crippen LogP) is 2.30. The van der Waals surface area contributed by atoms with E-state index in [1.54, 1.807) is 24.3 Å². The van der Waals surface area contributed by atoms with Gasteiger partial charge < -0.3 is 18.9 Å². The number of amides is 2. The van der Waals surface area contributed by atoms with E-state index in [0.29, 0.717) is 28.6 Å². The third-order valence-corrected chi connectivity index (χ3v) is 3.86. The Labute approximate surface area is 162 Å². The van der Waals surface area contributed by atoms with Gasteiger partial charge in [0.1, 0.15) is 0 Å². The zero-order chi connectivity index (χ0) is 19.9. The zero-order valence-corrected chi connectivity index (χ0v) is 15.5. The molecular formula is C20H20N2O6. The van der Waals surface area contributed by atoms with Crippen molar-refractivity contribution in [2.45, 2.75) is 6.92 Å². The number of hydrazine groups is 1. The van der Waals surface area contributed by atoms with Crippen LogP contribution >= 0.6 is 0 Å². The molecule has 2 aromatic rings. The molecule has 0 saturated carbocycles. The molecule has 8 heteroatoms. The number of rotatable bonds is 6. The molecule has 3 rings (SSSR count). The van der Waals surface area contributed by atoms with E-state index in [9.17, 15) is 9.59 Å². The van der Waals surface area contributed by atoms with Gasteiger partial charge in [-0.05, 0) is 42.8 Å². The van der Waals surface area contributed by atoms with Gasteiger partial charge in [-0.15, -0.1) is 0 Å². The van der Waals surface area contributed by atoms with Gasteiger partial charge in [-0.3, -0.25) is 20.4 Å². The highest BCUT2D eigenvalue weighted by atomic mass is 16.7. The first-order chi connectivity index (χ1) is 13.6. The number of benzene rings is 2. The number of hydrogen-bond donors (Lipinski definition) is 2. The largest absolute Gasteiger partial charge is 0.493 e. The minimum absolute atomic E-state index is 0.119. The van der Waals surface area contributed by atoms with Crippen molar-refractivity contribution >= 4 is 17.9 Å². The minimum Gasteiger partial charge on any atom is -0.493 e. The summed E-state index contributed by atoms with van der Waals surface area (Å²) in [6.45, 7) is 1.74. The Morgan fingerprint density at radius 1 is 1.07 bits per heavy atom. The monoisotopic (exact) mass is 384 g/mol. The third-order valence-electron chi connectivity index (χ3n) is 3.86. The molecule has 0 aliphatic carbocycles. The van der Waals surface area contributed by atoms with Crippen LogP contribution < -0.4 is 29.8 Å². The van der Waals surface area contributed by atoms with E-state index in [4.69, 9.17) is 18.9 Å². The molecule has 0 radical (unpaired) electrons. The Hall–Kier alpha value is -3.68. The van der Waals surface area contributed by atoms with Gasteiger partial charge >= 0.3 is 0 Å². The fourth-order valence-corrected chi connectivity index (χ4v) is 2.52. The van der Waals surface area contributed by atoms with Crippen LogP contribution in [0.25, 0.3) is 6.08 Å². The molecule has 2 aromatic carbocycles. The summed E-state index contributed by atoms with van der Waals surface area (Å²) in [6.07, 6.45) is 3.83. The van der Waals surface area contributed by atoms with Crippen molar-refractivity contribution in [3.8, 4) is 23.0 Å². The van der Waals surface area contributed by atoms with E-state index in [2.05, 4.69) is 10.9 Å². The van der Waals surface area contributed by atoms with Crippen LogP contribution in [0.15, 0.2) is 42.5 Å². The van der Waals surface area contributed by atoms with Gasteiger partial charge in [0.2, 0.25) is 6.79 Å². The highest BCUT2D eigenvalue weighted by Gasteiger charge is 2.16. The van der Waals surface area contributed by atoms with Gasteiger partial charge in [-0.25, -0.2) is 0 Å². The van der Waals surface area contributed by atoms with E-state index in [1.807, 2.05) is 25.1 Å². The average Bonchev–Trinajstić information content (AvgIpc) is 3.19. The summed E-state index contributed by atoms with van der Waals surface area (Å²) in [6, 6.07) is 10.1. The number of nitrogens with one attached hydrogen (secondary N) is 2. The molecule has 0 bridgehead atoms. The van der Waals surface area contributed by atoms with Gasteiger partial charge in [0.05, 0.1) is 7.11 Å². The average molecular weight is 384 g/mol. The molecule has 2 N–H and O–H groups in total. The molecule has 0 aromatic heterocycles. The molecule has 1 aliphatic heterocycles. The van der Waals surface area contributed by atoms with Crippen molar-refractivity contribution in [3.63, 3.8) is 0 Å². The first-order valence-electron chi connectivity index (χ1n) is 8.53. The van der Waals surface area contributed by atoms with E-state index >= 15 is 0 Å². The van der Waals surface area contributed by atoms with Crippen LogP contribution in [-0.2, 0) is 4.79 Å². The van der Waals surface area contributed by atoms with Gasteiger partial charge in [0, 0.05) is 5.56 Å². The molecule has 0 unspecified atom stereocenters. The quantitative estimate of drug-likeness (QED) is 0.742. The van der Waals surface area contributed by atoms with Crippen molar-refractivity contribution in [1.82, 2.24) is 10.9 Å². The maximum absolute atomic E-state index is 12.1. The lowest BCUT2D eigenvalue weighted by atomic mass is 10.2. The van der Waals surface area contributed by atoms with Crippen LogP contribution in [0.3, 0.4) is 0 Å². The van der Waals surface area contributed by atoms with Crippen LogP contribution in [0, 0.1) is 0 Å². The second-order valence-corrected chi connectivity index (χ2v) is 5.77. The standard InChI is InChI=1S/C20H20N2O6/c1-3-4-13-5-7-15(17(9-13)25-2)26-11-19(23)21-22-20(24)14-6-8-16-18(10-14)28-12-27-16/h3-10H,11-12H2,1-2H3,(H,21,23)(H,22,24)/b4-3+. The summed E-state index contributed by atoms with van der Waals surface area (Å²) in [5, 5.41) is 0. The molecule has 0 spiro atoms. The van der Waals surface area contributed by atoms with Crippen molar-refractivity contribution in [2.24, 2.45) is 0 Å². The summed E-state index contributed by atoms with van der Waals surface area (Å²) in [5.41, 5.74) is 5.90. The summed E-state index contributed by atoms with van der Waals surface area (Å²) in [5.74, 6) is 0.980. The summed E-state index contributed by atoms with van der Waals surface area (Å²) in [7, 11) is 1.52. The lowest BCUT2D eigenvalue weighted by Crippen LogP contribution is -2.43. The van der Waals surface area contributed by atoms with Crippen LogP contribution in [0.4, 0.5) is 0 Å².